The summed E-state index contributed by atoms with van der Waals surface area (Å²) in [6.45, 7) is 2.67. The number of ether oxygens (including phenoxy) is 1. The average molecular weight is 386 g/mol. The molecule has 6 nitrogen and oxygen atoms in total. The number of nitrogens with one attached hydrogen (secondary N) is 1. The van der Waals surface area contributed by atoms with E-state index in [1.165, 1.54) is 28.9 Å². The summed E-state index contributed by atoms with van der Waals surface area (Å²) >= 11 is 0. The molecule has 0 unspecified atom stereocenters. The van der Waals surface area contributed by atoms with Crippen LogP contribution in [0.5, 0.6) is 5.75 Å². The maximum atomic E-state index is 13.0. The molecule has 1 aromatic heterocycles. The van der Waals surface area contributed by atoms with Gasteiger partial charge in [-0.25, -0.2) is 13.5 Å². The van der Waals surface area contributed by atoms with Gasteiger partial charge in [0.15, 0.2) is 5.69 Å². The first-order valence-corrected chi connectivity index (χ1v) is 8.89. The number of aromatic nitrogens is 3. The first-order chi connectivity index (χ1) is 13.5. The van der Waals surface area contributed by atoms with E-state index < -0.39 is 0 Å². The van der Waals surface area contributed by atoms with E-state index in [2.05, 4.69) is 15.6 Å². The molecule has 0 atom stereocenters. The van der Waals surface area contributed by atoms with Gasteiger partial charge in [-0.1, -0.05) is 5.21 Å². The van der Waals surface area contributed by atoms with Crippen molar-refractivity contribution in [1.82, 2.24) is 20.3 Å². The van der Waals surface area contributed by atoms with Gasteiger partial charge in [0.05, 0.1) is 18.0 Å². The Kier molecular flexibility index (Phi) is 6.31. The number of halogens is 2. The molecule has 2 aromatic carbocycles. The number of benzene rings is 2. The first kappa shape index (κ1) is 19.5. The Morgan fingerprint density at radius 1 is 1.04 bits per heavy atom. The molecule has 0 fully saturated rings. The van der Waals surface area contributed by atoms with Gasteiger partial charge in [0.1, 0.15) is 17.4 Å². The molecule has 0 aliphatic heterocycles. The van der Waals surface area contributed by atoms with E-state index in [1.54, 1.807) is 31.2 Å². The van der Waals surface area contributed by atoms with Crippen LogP contribution in [-0.4, -0.2) is 34.1 Å². The van der Waals surface area contributed by atoms with Crippen molar-refractivity contribution in [3.05, 3.63) is 71.6 Å². The number of carbonyl (C=O) groups is 1. The van der Waals surface area contributed by atoms with Crippen LogP contribution in [0, 0.1) is 18.6 Å². The van der Waals surface area contributed by atoms with Crippen LogP contribution >= 0.6 is 0 Å². The molecule has 8 heteroatoms. The minimum atomic E-state index is -0.345. The third kappa shape index (κ3) is 4.91. The van der Waals surface area contributed by atoms with Crippen LogP contribution in [0.4, 0.5) is 8.78 Å². The lowest BCUT2D eigenvalue weighted by atomic mass is 10.2. The molecule has 0 aliphatic carbocycles. The molecule has 0 radical (unpaired) electrons. The lowest BCUT2D eigenvalue weighted by Crippen LogP contribution is -2.26. The highest BCUT2D eigenvalue weighted by atomic mass is 19.1. The van der Waals surface area contributed by atoms with E-state index in [9.17, 15) is 13.6 Å². The third-order valence-corrected chi connectivity index (χ3v) is 4.12. The predicted molar refractivity (Wildman–Crippen MR) is 99.5 cm³/mol. The fourth-order valence-corrected chi connectivity index (χ4v) is 2.60. The summed E-state index contributed by atoms with van der Waals surface area (Å²) in [5, 5.41) is 10.7. The van der Waals surface area contributed by atoms with E-state index in [1.807, 2.05) is 0 Å². The van der Waals surface area contributed by atoms with Gasteiger partial charge in [0.25, 0.3) is 5.91 Å². The molecular formula is C20H20F2N4O2. The molecule has 0 aliphatic rings. The SMILES string of the molecule is Cc1c(C(=O)NCCCCOc2ccc(F)cc2)nnn1-c1ccc(F)cc1. The molecule has 146 valence electrons. The van der Waals surface area contributed by atoms with Gasteiger partial charge in [0, 0.05) is 6.54 Å². The lowest BCUT2D eigenvalue weighted by molar-refractivity contribution is 0.0946. The quantitative estimate of drug-likeness (QED) is 0.602. The zero-order valence-electron chi connectivity index (χ0n) is 15.4. The molecular weight excluding hydrogens is 366 g/mol. The van der Waals surface area contributed by atoms with E-state index in [0.29, 0.717) is 30.3 Å². The van der Waals surface area contributed by atoms with E-state index in [4.69, 9.17) is 4.74 Å². The zero-order chi connectivity index (χ0) is 19.9. The Labute approximate surface area is 161 Å². The van der Waals surface area contributed by atoms with Crippen LogP contribution < -0.4 is 10.1 Å². The second-order valence-electron chi connectivity index (χ2n) is 6.18. The Morgan fingerprint density at radius 3 is 2.36 bits per heavy atom. The smallest absolute Gasteiger partial charge is 0.273 e. The van der Waals surface area contributed by atoms with Crippen molar-refractivity contribution in [2.45, 2.75) is 19.8 Å². The Balaban J connectivity index is 1.44. The summed E-state index contributed by atoms with van der Waals surface area (Å²) in [4.78, 5) is 12.3. The molecule has 1 heterocycles. The van der Waals surface area contributed by atoms with Crippen molar-refractivity contribution >= 4 is 5.91 Å². The molecule has 0 saturated carbocycles. The number of carbonyl (C=O) groups excluding carboxylic acids is 1. The van der Waals surface area contributed by atoms with Gasteiger partial charge in [-0.3, -0.25) is 4.79 Å². The van der Waals surface area contributed by atoms with Crippen LogP contribution in [0.1, 0.15) is 29.0 Å². The number of hydrogen-bond acceptors (Lipinski definition) is 4. The van der Waals surface area contributed by atoms with Gasteiger partial charge in [-0.2, -0.15) is 0 Å². The normalized spacial score (nSPS) is 10.7. The molecule has 3 rings (SSSR count). The molecule has 1 N–H and O–H groups in total. The van der Waals surface area contributed by atoms with E-state index in [-0.39, 0.29) is 23.2 Å². The van der Waals surface area contributed by atoms with Crippen LogP contribution in [0.2, 0.25) is 0 Å². The van der Waals surface area contributed by atoms with Gasteiger partial charge >= 0.3 is 0 Å². The van der Waals surface area contributed by atoms with Gasteiger partial charge in [-0.05, 0) is 68.3 Å². The average Bonchev–Trinajstić information content (AvgIpc) is 3.08. The number of amides is 1. The molecule has 3 aromatic rings. The highest BCUT2D eigenvalue weighted by molar-refractivity contribution is 5.93. The summed E-state index contributed by atoms with van der Waals surface area (Å²) in [6.07, 6.45) is 1.46. The van der Waals surface area contributed by atoms with Crippen molar-refractivity contribution < 1.29 is 18.3 Å². The maximum absolute atomic E-state index is 13.0. The van der Waals surface area contributed by atoms with Crippen molar-refractivity contribution in [2.24, 2.45) is 0 Å². The van der Waals surface area contributed by atoms with Crippen LogP contribution in [-0.2, 0) is 0 Å². The second-order valence-corrected chi connectivity index (χ2v) is 6.18. The fraction of sp³-hybridized carbons (Fsp3) is 0.250. The van der Waals surface area contributed by atoms with Crippen LogP contribution in [0.15, 0.2) is 48.5 Å². The zero-order valence-corrected chi connectivity index (χ0v) is 15.4. The van der Waals surface area contributed by atoms with Crippen molar-refractivity contribution in [1.29, 1.82) is 0 Å². The predicted octanol–water partition coefficient (Wildman–Crippen LogP) is 3.44. The van der Waals surface area contributed by atoms with Crippen molar-refractivity contribution in [3.8, 4) is 11.4 Å². The monoisotopic (exact) mass is 386 g/mol. The first-order valence-electron chi connectivity index (χ1n) is 8.89. The Hall–Kier alpha value is -3.29. The number of unbranched alkanes of at least 4 members (excludes halogenated alkanes) is 1. The number of hydrogen-bond donors (Lipinski definition) is 1. The minimum Gasteiger partial charge on any atom is -0.494 e. The topological polar surface area (TPSA) is 69.0 Å². The summed E-state index contributed by atoms with van der Waals surface area (Å²) in [5.41, 5.74) is 1.43. The highest BCUT2D eigenvalue weighted by Gasteiger charge is 2.16. The standard InChI is InChI=1S/C20H20F2N4O2/c1-14-19(24-25-26(14)17-8-4-15(21)5-9-17)20(27)23-12-2-3-13-28-18-10-6-16(22)7-11-18/h4-11H,2-3,12-13H2,1H3,(H,23,27). The van der Waals surface area contributed by atoms with Gasteiger partial charge in [-0.15, -0.1) is 5.10 Å². The molecule has 0 bridgehead atoms. The molecule has 0 saturated heterocycles. The Bertz CT molecular complexity index is 924. The minimum absolute atomic E-state index is 0.229. The second kappa shape index (κ2) is 9.07. The van der Waals surface area contributed by atoms with E-state index in [0.717, 1.165) is 12.8 Å². The maximum Gasteiger partial charge on any atom is 0.273 e. The summed E-state index contributed by atoms with van der Waals surface area (Å²) < 4.78 is 32.8. The largest absolute Gasteiger partial charge is 0.494 e. The van der Waals surface area contributed by atoms with E-state index >= 15 is 0 Å². The molecule has 28 heavy (non-hydrogen) atoms. The van der Waals surface area contributed by atoms with Crippen molar-refractivity contribution in [3.63, 3.8) is 0 Å². The number of rotatable bonds is 8. The summed E-state index contributed by atoms with van der Waals surface area (Å²) in [6, 6.07) is 11.6. The third-order valence-electron chi connectivity index (χ3n) is 4.12. The lowest BCUT2D eigenvalue weighted by Gasteiger charge is -2.07. The van der Waals surface area contributed by atoms with Crippen LogP contribution in [0.25, 0.3) is 5.69 Å². The Morgan fingerprint density at radius 2 is 1.68 bits per heavy atom. The number of nitrogens with zero attached hydrogens (tertiary/aromatic N) is 3. The summed E-state index contributed by atoms with van der Waals surface area (Å²) in [7, 11) is 0. The fourth-order valence-electron chi connectivity index (χ4n) is 2.60. The van der Waals surface area contributed by atoms with Crippen molar-refractivity contribution in [2.75, 3.05) is 13.2 Å². The summed E-state index contributed by atoms with van der Waals surface area (Å²) in [5.74, 6) is -0.353. The highest BCUT2D eigenvalue weighted by Crippen LogP contribution is 2.13. The van der Waals surface area contributed by atoms with Gasteiger partial charge in [0.2, 0.25) is 0 Å². The van der Waals surface area contributed by atoms with Gasteiger partial charge < -0.3 is 10.1 Å². The van der Waals surface area contributed by atoms with Crippen LogP contribution in [0.3, 0.4) is 0 Å². The molecule has 1 amide bonds. The molecule has 0 spiro atoms.